The number of aromatic amines is 1. The van der Waals surface area contributed by atoms with Crippen LogP contribution in [-0.2, 0) is 12.1 Å². The van der Waals surface area contributed by atoms with E-state index in [-0.39, 0.29) is 0 Å². The van der Waals surface area contributed by atoms with E-state index in [4.69, 9.17) is 16.1 Å². The Kier molecular flexibility index (Phi) is 3.84. The maximum atomic E-state index is 10.7. The van der Waals surface area contributed by atoms with Crippen molar-refractivity contribution < 1.29 is 9.63 Å². The van der Waals surface area contributed by atoms with Gasteiger partial charge in [-0.15, -0.1) is 0 Å². The highest BCUT2D eigenvalue weighted by atomic mass is 35.5. The monoisotopic (exact) mass is 345 g/mol. The van der Waals surface area contributed by atoms with Crippen molar-refractivity contribution in [2.75, 3.05) is 13.1 Å². The highest BCUT2D eigenvalue weighted by Gasteiger charge is 2.39. The van der Waals surface area contributed by atoms with Gasteiger partial charge in [-0.05, 0) is 18.6 Å². The Labute approximate surface area is 143 Å². The number of nitrogens with one attached hydrogen (secondary N) is 1. The first-order valence-corrected chi connectivity index (χ1v) is 8.03. The summed E-state index contributed by atoms with van der Waals surface area (Å²) < 4.78 is 5.43. The van der Waals surface area contributed by atoms with Gasteiger partial charge in [0.2, 0.25) is 0 Å². The third-order valence-corrected chi connectivity index (χ3v) is 4.55. The summed E-state index contributed by atoms with van der Waals surface area (Å²) in [6.45, 7) is 1.82. The molecule has 7 nitrogen and oxygen atoms in total. The van der Waals surface area contributed by atoms with Gasteiger partial charge in [-0.25, -0.2) is 0 Å². The van der Waals surface area contributed by atoms with Crippen LogP contribution in [0.2, 0.25) is 5.02 Å². The van der Waals surface area contributed by atoms with E-state index in [1.54, 1.807) is 6.20 Å². The minimum atomic E-state index is -0.966. The Hall–Kier alpha value is -2.22. The summed E-state index contributed by atoms with van der Waals surface area (Å²) in [5.41, 5.74) is 1.33. The molecule has 1 fully saturated rings. The van der Waals surface area contributed by atoms with Gasteiger partial charge in [0, 0.05) is 29.7 Å². The van der Waals surface area contributed by atoms with Crippen molar-refractivity contribution in [1.82, 2.24) is 25.5 Å². The molecule has 0 amide bonds. The summed E-state index contributed by atoms with van der Waals surface area (Å²) in [4.78, 5) is 2.11. The van der Waals surface area contributed by atoms with Crippen molar-refractivity contribution in [3.05, 3.63) is 53.0 Å². The highest BCUT2D eigenvalue weighted by molar-refractivity contribution is 6.30. The van der Waals surface area contributed by atoms with Crippen LogP contribution in [-0.4, -0.2) is 43.7 Å². The molecule has 3 aromatic rings. The predicted octanol–water partition coefficient (Wildman–Crippen LogP) is 2.21. The second kappa shape index (κ2) is 6.01. The van der Waals surface area contributed by atoms with Crippen LogP contribution in [0.3, 0.4) is 0 Å². The largest absolute Gasteiger partial charge is 0.382 e. The van der Waals surface area contributed by atoms with Crippen molar-refractivity contribution in [3.8, 4) is 11.3 Å². The molecule has 0 bridgehead atoms. The van der Waals surface area contributed by atoms with Gasteiger partial charge < -0.3 is 9.63 Å². The molecule has 2 aromatic heterocycles. The number of halogens is 1. The standard InChI is InChI=1S/C16H16ClN5O2/c17-12-3-1-11(2-4-12)14-7-13(24-20-14)9-22-6-5-16(23,10-22)15-8-18-21-19-15/h1-4,7-8,23H,5-6,9-10H2,(H,18,19,21)/t16-/m0/s1. The molecule has 24 heavy (non-hydrogen) atoms. The number of hydrogen-bond donors (Lipinski definition) is 2. The zero-order chi connectivity index (χ0) is 16.6. The average molecular weight is 346 g/mol. The van der Waals surface area contributed by atoms with E-state index in [0.29, 0.717) is 30.2 Å². The molecule has 2 N–H and O–H groups in total. The maximum absolute atomic E-state index is 10.7. The molecular formula is C16H16ClN5O2. The van der Waals surface area contributed by atoms with Gasteiger partial charge in [0.05, 0.1) is 12.7 Å². The summed E-state index contributed by atoms with van der Waals surface area (Å²) in [7, 11) is 0. The second-order valence-corrected chi connectivity index (χ2v) is 6.47. The Morgan fingerprint density at radius 2 is 2.17 bits per heavy atom. The van der Waals surface area contributed by atoms with Crippen LogP contribution in [0.1, 0.15) is 17.9 Å². The first kappa shape index (κ1) is 15.3. The lowest BCUT2D eigenvalue weighted by Gasteiger charge is -2.20. The molecule has 3 heterocycles. The van der Waals surface area contributed by atoms with Gasteiger partial charge in [-0.3, -0.25) is 4.90 Å². The number of nitrogens with zero attached hydrogens (tertiary/aromatic N) is 4. The van der Waals surface area contributed by atoms with Crippen LogP contribution >= 0.6 is 11.6 Å². The average Bonchev–Trinajstić information content (AvgIpc) is 3.30. The molecule has 124 valence electrons. The van der Waals surface area contributed by atoms with Gasteiger partial charge in [0.15, 0.2) is 5.76 Å². The Balaban J connectivity index is 1.44. The van der Waals surface area contributed by atoms with Crippen LogP contribution in [0.5, 0.6) is 0 Å². The lowest BCUT2D eigenvalue weighted by Crippen LogP contribution is -2.30. The number of aromatic nitrogens is 4. The minimum Gasteiger partial charge on any atom is -0.382 e. The predicted molar refractivity (Wildman–Crippen MR) is 87.1 cm³/mol. The Morgan fingerprint density at radius 1 is 1.33 bits per heavy atom. The van der Waals surface area contributed by atoms with Gasteiger partial charge in [-0.2, -0.15) is 15.4 Å². The Bertz CT molecular complexity index is 817. The van der Waals surface area contributed by atoms with Crippen LogP contribution in [0, 0.1) is 0 Å². The third kappa shape index (κ3) is 2.93. The molecule has 1 aliphatic rings. The van der Waals surface area contributed by atoms with Crippen LogP contribution in [0.4, 0.5) is 0 Å². The first-order chi connectivity index (χ1) is 11.6. The third-order valence-electron chi connectivity index (χ3n) is 4.30. The van der Waals surface area contributed by atoms with Crippen LogP contribution in [0.15, 0.2) is 41.1 Å². The maximum Gasteiger partial charge on any atom is 0.151 e. The number of aliphatic hydroxyl groups is 1. The SMILES string of the molecule is O[C@@]1(c2cn[nH]n2)CCN(Cc2cc(-c3ccc(Cl)cc3)no2)C1. The van der Waals surface area contributed by atoms with E-state index in [0.717, 1.165) is 23.6 Å². The van der Waals surface area contributed by atoms with E-state index >= 15 is 0 Å². The van der Waals surface area contributed by atoms with E-state index < -0.39 is 5.60 Å². The van der Waals surface area contributed by atoms with Crippen molar-refractivity contribution in [2.24, 2.45) is 0 Å². The fourth-order valence-electron chi connectivity index (χ4n) is 3.01. The number of rotatable bonds is 4. The molecule has 0 spiro atoms. The molecule has 1 aromatic carbocycles. The molecule has 8 heteroatoms. The topological polar surface area (TPSA) is 91.1 Å². The van der Waals surface area contributed by atoms with E-state index in [9.17, 15) is 5.11 Å². The number of likely N-dealkylation sites (tertiary alicyclic amines) is 1. The molecule has 0 aliphatic carbocycles. The zero-order valence-electron chi connectivity index (χ0n) is 12.8. The first-order valence-electron chi connectivity index (χ1n) is 7.65. The summed E-state index contributed by atoms with van der Waals surface area (Å²) in [5.74, 6) is 0.754. The molecule has 0 radical (unpaired) electrons. The normalized spacial score (nSPS) is 21.4. The molecule has 1 aliphatic heterocycles. The number of hydrogen-bond acceptors (Lipinski definition) is 6. The molecule has 1 saturated heterocycles. The molecule has 1 atom stereocenters. The summed E-state index contributed by atoms with van der Waals surface area (Å²) in [5, 5.41) is 25.8. The zero-order valence-corrected chi connectivity index (χ0v) is 13.6. The molecular weight excluding hydrogens is 330 g/mol. The molecule has 4 rings (SSSR count). The lowest BCUT2D eigenvalue weighted by atomic mass is 10.0. The van der Waals surface area contributed by atoms with E-state index in [1.165, 1.54) is 0 Å². The smallest absolute Gasteiger partial charge is 0.151 e. The minimum absolute atomic E-state index is 0.483. The number of β-amino-alcohol motifs (C(OH)–C–C–N with tert-alkyl or cyclic N) is 1. The number of H-pyrrole nitrogens is 1. The highest BCUT2D eigenvalue weighted by Crippen LogP contribution is 2.31. The second-order valence-electron chi connectivity index (χ2n) is 6.03. The summed E-state index contributed by atoms with van der Waals surface area (Å²) in [6.07, 6.45) is 2.17. The van der Waals surface area contributed by atoms with Crippen LogP contribution in [0.25, 0.3) is 11.3 Å². The summed E-state index contributed by atoms with van der Waals surface area (Å²) >= 11 is 5.90. The fraction of sp³-hybridized carbons (Fsp3) is 0.312. The Morgan fingerprint density at radius 3 is 2.92 bits per heavy atom. The molecule has 0 unspecified atom stereocenters. The van der Waals surface area contributed by atoms with Crippen molar-refractivity contribution in [3.63, 3.8) is 0 Å². The van der Waals surface area contributed by atoms with Crippen molar-refractivity contribution in [2.45, 2.75) is 18.6 Å². The number of benzene rings is 1. The molecule has 0 saturated carbocycles. The van der Waals surface area contributed by atoms with Gasteiger partial charge >= 0.3 is 0 Å². The van der Waals surface area contributed by atoms with Crippen LogP contribution < -0.4 is 0 Å². The van der Waals surface area contributed by atoms with Crippen molar-refractivity contribution in [1.29, 1.82) is 0 Å². The summed E-state index contributed by atoms with van der Waals surface area (Å²) in [6, 6.07) is 9.37. The lowest BCUT2D eigenvalue weighted by molar-refractivity contribution is 0.0400. The van der Waals surface area contributed by atoms with E-state index in [1.807, 2.05) is 30.3 Å². The quantitative estimate of drug-likeness (QED) is 0.753. The fourth-order valence-corrected chi connectivity index (χ4v) is 3.13. The van der Waals surface area contributed by atoms with Gasteiger partial charge in [-0.1, -0.05) is 28.9 Å². The van der Waals surface area contributed by atoms with Crippen molar-refractivity contribution >= 4 is 11.6 Å². The van der Waals surface area contributed by atoms with Gasteiger partial charge in [0.25, 0.3) is 0 Å². The van der Waals surface area contributed by atoms with E-state index in [2.05, 4.69) is 25.5 Å². The van der Waals surface area contributed by atoms with Gasteiger partial charge in [0.1, 0.15) is 17.0 Å².